The molecule has 0 bridgehead atoms. The summed E-state index contributed by atoms with van der Waals surface area (Å²) in [6, 6.07) is 43.1. The molecule has 0 aliphatic rings. The van der Waals surface area contributed by atoms with E-state index in [4.69, 9.17) is 4.74 Å². The van der Waals surface area contributed by atoms with E-state index < -0.39 is 7.92 Å². The molecule has 4 aromatic carbocycles. The van der Waals surface area contributed by atoms with Crippen LogP contribution in [0.5, 0.6) is 5.75 Å². The number of pyridine rings is 1. The summed E-state index contributed by atoms with van der Waals surface area (Å²) in [6.45, 7) is 0. The summed E-state index contributed by atoms with van der Waals surface area (Å²) >= 11 is 0. The van der Waals surface area contributed by atoms with Crippen molar-refractivity contribution in [3.8, 4) is 28.1 Å². The van der Waals surface area contributed by atoms with E-state index in [1.165, 1.54) is 21.7 Å². The number of ether oxygens (including phenoxy) is 1. The van der Waals surface area contributed by atoms with Crippen molar-refractivity contribution in [1.29, 1.82) is 0 Å². The van der Waals surface area contributed by atoms with Crippen molar-refractivity contribution in [2.75, 3.05) is 13.3 Å². The van der Waals surface area contributed by atoms with Gasteiger partial charge in [0, 0.05) is 11.8 Å². The van der Waals surface area contributed by atoms with E-state index in [9.17, 15) is 0 Å². The molecule has 0 spiro atoms. The fraction of sp³-hybridized carbons (Fsp3) is 0.0938. The van der Waals surface area contributed by atoms with Crippen LogP contribution in [-0.4, -0.2) is 18.3 Å². The molecule has 0 amide bonds. The Bertz CT molecular complexity index is 1330. The van der Waals surface area contributed by atoms with Gasteiger partial charge in [0.2, 0.25) is 0 Å². The lowest BCUT2D eigenvalue weighted by molar-refractivity contribution is 0.415. The van der Waals surface area contributed by atoms with Crippen LogP contribution in [0.3, 0.4) is 0 Å². The molecule has 0 N–H and O–H groups in total. The van der Waals surface area contributed by atoms with Gasteiger partial charge in [0.1, 0.15) is 5.75 Å². The molecule has 5 rings (SSSR count). The van der Waals surface area contributed by atoms with E-state index in [1.807, 2.05) is 30.5 Å². The Kier molecular flexibility index (Phi) is 7.32. The molecule has 0 aliphatic heterocycles. The van der Waals surface area contributed by atoms with Gasteiger partial charge in [-0.1, -0.05) is 91.0 Å². The molecule has 0 aliphatic carbocycles. The Morgan fingerprint density at radius 2 is 1.31 bits per heavy atom. The summed E-state index contributed by atoms with van der Waals surface area (Å²) in [4.78, 5) is 4.53. The third-order valence-electron chi connectivity index (χ3n) is 6.12. The predicted octanol–water partition coefficient (Wildman–Crippen LogP) is 7.10. The van der Waals surface area contributed by atoms with Crippen molar-refractivity contribution < 1.29 is 4.74 Å². The van der Waals surface area contributed by atoms with Crippen LogP contribution in [0.15, 0.2) is 128 Å². The average molecular weight is 474 g/mol. The minimum Gasteiger partial charge on any atom is -0.497 e. The number of aromatic nitrogens is 1. The first-order chi connectivity index (χ1) is 17.3. The number of benzene rings is 4. The molecule has 0 saturated heterocycles. The third-order valence-corrected chi connectivity index (χ3v) is 8.64. The molecule has 0 radical (unpaired) electrons. The zero-order valence-electron chi connectivity index (χ0n) is 19.8. The van der Waals surface area contributed by atoms with Crippen LogP contribution in [0, 0.1) is 0 Å². The second-order valence-corrected chi connectivity index (χ2v) is 10.8. The fourth-order valence-electron chi connectivity index (χ4n) is 4.34. The van der Waals surface area contributed by atoms with Gasteiger partial charge in [0.05, 0.1) is 12.8 Å². The number of nitrogens with zero attached hydrogens (tertiary/aromatic N) is 1. The first-order valence-corrected chi connectivity index (χ1v) is 13.4. The molecule has 0 unspecified atom stereocenters. The minimum atomic E-state index is -0.410. The van der Waals surface area contributed by atoms with Crippen molar-refractivity contribution in [2.24, 2.45) is 0 Å². The number of methoxy groups -OCH3 is 1. The van der Waals surface area contributed by atoms with Crippen LogP contribution in [-0.2, 0) is 6.42 Å². The smallest absolute Gasteiger partial charge is 0.120 e. The number of hydrogen-bond donors (Lipinski definition) is 0. The molecule has 0 fully saturated rings. The Balaban J connectivity index is 1.42. The van der Waals surface area contributed by atoms with Crippen molar-refractivity contribution in [3.05, 3.63) is 133 Å². The highest BCUT2D eigenvalue weighted by atomic mass is 31.1. The molecule has 5 aromatic rings. The maximum absolute atomic E-state index is 5.62. The number of rotatable bonds is 8. The second-order valence-electron chi connectivity index (χ2n) is 8.44. The highest BCUT2D eigenvalue weighted by Gasteiger charge is 2.14. The van der Waals surface area contributed by atoms with E-state index in [0.29, 0.717) is 0 Å². The monoisotopic (exact) mass is 473 g/mol. The van der Waals surface area contributed by atoms with Crippen LogP contribution in [0.4, 0.5) is 0 Å². The van der Waals surface area contributed by atoms with Crippen molar-refractivity contribution in [3.63, 3.8) is 0 Å². The third kappa shape index (κ3) is 5.67. The van der Waals surface area contributed by atoms with Gasteiger partial charge in [-0.05, 0) is 78.1 Å². The molecule has 35 heavy (non-hydrogen) atoms. The standard InChI is InChI=1S/C32H28NOP/c1-34-29-23-27(22-28(24-29)32-17-8-9-19-33-32)26-12-10-11-25(21-26)18-20-35(30-13-4-2-5-14-30)31-15-6-3-7-16-31/h2-17,19,21-24H,18,20H2,1H3. The molecule has 0 saturated carbocycles. The molecule has 3 heteroatoms. The first-order valence-electron chi connectivity index (χ1n) is 11.9. The summed E-state index contributed by atoms with van der Waals surface area (Å²) in [5.41, 5.74) is 5.69. The van der Waals surface area contributed by atoms with Crippen LogP contribution in [0.25, 0.3) is 22.4 Å². The van der Waals surface area contributed by atoms with E-state index in [-0.39, 0.29) is 0 Å². The van der Waals surface area contributed by atoms with Crippen LogP contribution in [0.1, 0.15) is 5.56 Å². The lowest BCUT2D eigenvalue weighted by Crippen LogP contribution is -2.14. The highest BCUT2D eigenvalue weighted by molar-refractivity contribution is 7.73. The Morgan fingerprint density at radius 1 is 0.629 bits per heavy atom. The SMILES string of the molecule is COc1cc(-c2cccc(CCP(c3ccccc3)c3ccccc3)c2)cc(-c2ccccn2)c1. The zero-order valence-corrected chi connectivity index (χ0v) is 20.7. The van der Waals surface area contributed by atoms with E-state index >= 15 is 0 Å². The molecular weight excluding hydrogens is 445 g/mol. The predicted molar refractivity (Wildman–Crippen MR) is 149 cm³/mol. The van der Waals surface area contributed by atoms with Gasteiger partial charge in [-0.25, -0.2) is 0 Å². The molecular formula is C32H28NOP. The van der Waals surface area contributed by atoms with Crippen LogP contribution in [0.2, 0.25) is 0 Å². The maximum atomic E-state index is 5.62. The zero-order chi connectivity index (χ0) is 23.9. The van der Waals surface area contributed by atoms with Crippen LogP contribution >= 0.6 is 7.92 Å². The van der Waals surface area contributed by atoms with Crippen LogP contribution < -0.4 is 15.3 Å². The van der Waals surface area contributed by atoms with E-state index in [2.05, 4.69) is 102 Å². The normalized spacial score (nSPS) is 10.9. The Morgan fingerprint density at radius 3 is 1.97 bits per heavy atom. The quantitative estimate of drug-likeness (QED) is 0.224. The van der Waals surface area contributed by atoms with Crippen molar-refractivity contribution in [2.45, 2.75) is 6.42 Å². The number of aryl methyl sites for hydroxylation is 1. The fourth-order valence-corrected chi connectivity index (χ4v) is 6.70. The summed E-state index contributed by atoms with van der Waals surface area (Å²) in [5, 5.41) is 2.86. The average Bonchev–Trinajstić information content (AvgIpc) is 2.95. The van der Waals surface area contributed by atoms with Gasteiger partial charge in [-0.2, -0.15) is 0 Å². The van der Waals surface area contributed by atoms with Gasteiger partial charge >= 0.3 is 0 Å². The minimum absolute atomic E-state index is 0.410. The molecule has 1 heterocycles. The summed E-state index contributed by atoms with van der Waals surface area (Å²) in [5.74, 6) is 0.838. The summed E-state index contributed by atoms with van der Waals surface area (Å²) in [6.07, 6.45) is 3.97. The summed E-state index contributed by atoms with van der Waals surface area (Å²) in [7, 11) is 1.31. The Labute approximate surface area is 209 Å². The van der Waals surface area contributed by atoms with Gasteiger partial charge in [0.15, 0.2) is 0 Å². The number of hydrogen-bond acceptors (Lipinski definition) is 2. The molecule has 172 valence electrons. The Hall–Kier alpha value is -3.74. The van der Waals surface area contributed by atoms with Gasteiger partial charge in [0.25, 0.3) is 0 Å². The van der Waals surface area contributed by atoms with Gasteiger partial charge in [-0.15, -0.1) is 0 Å². The van der Waals surface area contributed by atoms with Crippen molar-refractivity contribution in [1.82, 2.24) is 4.98 Å². The molecule has 1 aromatic heterocycles. The van der Waals surface area contributed by atoms with Gasteiger partial charge < -0.3 is 4.74 Å². The first kappa shape index (κ1) is 23.0. The van der Waals surface area contributed by atoms with E-state index in [0.717, 1.165) is 35.2 Å². The maximum Gasteiger partial charge on any atom is 0.120 e. The molecule has 2 nitrogen and oxygen atoms in total. The second kappa shape index (κ2) is 11.1. The van der Waals surface area contributed by atoms with E-state index in [1.54, 1.807) is 7.11 Å². The van der Waals surface area contributed by atoms with Gasteiger partial charge in [-0.3, -0.25) is 4.98 Å². The largest absolute Gasteiger partial charge is 0.497 e. The lowest BCUT2D eigenvalue weighted by Gasteiger charge is -2.19. The molecule has 0 atom stereocenters. The lowest BCUT2D eigenvalue weighted by atomic mass is 9.98. The summed E-state index contributed by atoms with van der Waals surface area (Å²) < 4.78 is 5.62. The van der Waals surface area contributed by atoms with Crippen molar-refractivity contribution >= 4 is 18.5 Å². The highest BCUT2D eigenvalue weighted by Crippen LogP contribution is 2.35. The topological polar surface area (TPSA) is 22.1 Å².